The first-order valence-corrected chi connectivity index (χ1v) is 12.0. The zero-order valence-corrected chi connectivity index (χ0v) is 19.7. The highest BCUT2D eigenvalue weighted by Gasteiger charge is 2.36. The van der Waals surface area contributed by atoms with Gasteiger partial charge in [-0.05, 0) is 30.3 Å². The normalized spacial score (nSPS) is 15.2. The summed E-state index contributed by atoms with van der Waals surface area (Å²) in [5.74, 6) is 2.04. The number of rotatable bonds is 3. The van der Waals surface area contributed by atoms with Crippen LogP contribution in [0.25, 0.3) is 11.3 Å². The summed E-state index contributed by atoms with van der Waals surface area (Å²) >= 11 is 6.30. The van der Waals surface area contributed by atoms with Gasteiger partial charge in [-0.2, -0.15) is 0 Å². The highest BCUT2D eigenvalue weighted by Crippen LogP contribution is 2.44. The predicted octanol–water partition coefficient (Wildman–Crippen LogP) is 5.38. The van der Waals surface area contributed by atoms with Gasteiger partial charge < -0.3 is 14.5 Å². The molecule has 174 valence electrons. The molecular formula is C28H23ClN4O2. The number of piperazine rings is 1. The summed E-state index contributed by atoms with van der Waals surface area (Å²) in [6.45, 7) is 2.62. The maximum Gasteiger partial charge on any atom is 0.234 e. The van der Waals surface area contributed by atoms with Gasteiger partial charge in [0, 0.05) is 42.9 Å². The third-order valence-corrected chi connectivity index (χ3v) is 6.97. The number of ether oxygens (including phenoxy) is 1. The zero-order chi connectivity index (χ0) is 23.8. The lowest BCUT2D eigenvalue weighted by Gasteiger charge is -2.38. The summed E-state index contributed by atoms with van der Waals surface area (Å²) < 4.78 is 6.07. The van der Waals surface area contributed by atoms with Crippen LogP contribution in [-0.4, -0.2) is 47.2 Å². The predicted molar refractivity (Wildman–Crippen MR) is 136 cm³/mol. The molecule has 6 rings (SSSR count). The molecule has 3 heterocycles. The van der Waals surface area contributed by atoms with E-state index in [9.17, 15) is 4.79 Å². The molecule has 2 aliphatic heterocycles. The minimum absolute atomic E-state index is 0.105. The summed E-state index contributed by atoms with van der Waals surface area (Å²) in [4.78, 5) is 17.9. The molecule has 6 nitrogen and oxygen atoms in total. The van der Waals surface area contributed by atoms with Crippen LogP contribution in [0.1, 0.15) is 17.0 Å². The van der Waals surface area contributed by atoms with Gasteiger partial charge >= 0.3 is 0 Å². The maximum absolute atomic E-state index is 13.8. The molecular weight excluding hydrogens is 460 g/mol. The minimum atomic E-state index is -0.364. The molecule has 1 saturated heterocycles. The standard InChI is InChI=1S/C28H23ClN4O2/c29-22-10-4-1-7-19(22)23-13-14-26(31-30-23)32-15-17-33(18-16-32)28(34)27-20-8-2-5-11-24(20)35-25-12-6-3-9-21(25)27/h1-14,27H,15-18H2. The van der Waals surface area contributed by atoms with E-state index in [-0.39, 0.29) is 11.8 Å². The van der Waals surface area contributed by atoms with Crippen LogP contribution < -0.4 is 9.64 Å². The van der Waals surface area contributed by atoms with Crippen molar-refractivity contribution in [3.63, 3.8) is 0 Å². The molecule has 0 aliphatic carbocycles. The fourth-order valence-corrected chi connectivity index (χ4v) is 5.05. The van der Waals surface area contributed by atoms with Crippen molar-refractivity contribution in [2.24, 2.45) is 0 Å². The van der Waals surface area contributed by atoms with Gasteiger partial charge in [-0.3, -0.25) is 4.79 Å². The van der Waals surface area contributed by atoms with Crippen molar-refractivity contribution in [3.8, 4) is 22.8 Å². The lowest BCUT2D eigenvalue weighted by atomic mass is 9.86. The van der Waals surface area contributed by atoms with Crippen molar-refractivity contribution in [1.29, 1.82) is 0 Å². The number of carbonyl (C=O) groups excluding carboxylic acids is 1. The van der Waals surface area contributed by atoms with E-state index in [1.807, 2.05) is 89.8 Å². The van der Waals surface area contributed by atoms with Crippen LogP contribution in [0.5, 0.6) is 11.5 Å². The first kappa shape index (κ1) is 21.6. The molecule has 0 radical (unpaired) electrons. The van der Waals surface area contributed by atoms with Crippen LogP contribution in [-0.2, 0) is 4.79 Å². The van der Waals surface area contributed by atoms with Gasteiger partial charge in [-0.25, -0.2) is 0 Å². The molecule has 0 saturated carbocycles. The Morgan fingerprint density at radius 1 is 0.771 bits per heavy atom. The molecule has 0 unspecified atom stereocenters. The summed E-state index contributed by atoms with van der Waals surface area (Å²) in [7, 11) is 0. The van der Waals surface area contributed by atoms with Gasteiger partial charge in [0.1, 0.15) is 11.5 Å². The van der Waals surface area contributed by atoms with Crippen LogP contribution in [0.3, 0.4) is 0 Å². The first-order chi connectivity index (χ1) is 17.2. The second kappa shape index (κ2) is 9.04. The molecule has 2 aliphatic rings. The van der Waals surface area contributed by atoms with Crippen LogP contribution >= 0.6 is 11.6 Å². The van der Waals surface area contributed by atoms with Crippen LogP contribution in [0, 0.1) is 0 Å². The van der Waals surface area contributed by atoms with Crippen LogP contribution in [0.4, 0.5) is 5.82 Å². The van der Waals surface area contributed by atoms with Crippen molar-refractivity contribution in [1.82, 2.24) is 15.1 Å². The Hall–Kier alpha value is -3.90. The van der Waals surface area contributed by atoms with Crippen molar-refractivity contribution in [2.75, 3.05) is 31.1 Å². The lowest BCUT2D eigenvalue weighted by molar-refractivity contribution is -0.132. The quantitative estimate of drug-likeness (QED) is 0.392. The van der Waals surface area contributed by atoms with E-state index in [4.69, 9.17) is 16.3 Å². The van der Waals surface area contributed by atoms with Crippen molar-refractivity contribution < 1.29 is 9.53 Å². The number of halogens is 1. The summed E-state index contributed by atoms with van der Waals surface area (Å²) in [6, 6.07) is 27.1. The van der Waals surface area contributed by atoms with Crippen molar-refractivity contribution in [2.45, 2.75) is 5.92 Å². The van der Waals surface area contributed by atoms with E-state index in [0.29, 0.717) is 31.2 Å². The van der Waals surface area contributed by atoms with E-state index in [0.717, 1.165) is 39.7 Å². The highest BCUT2D eigenvalue weighted by molar-refractivity contribution is 6.33. The Morgan fingerprint density at radius 3 is 2.03 bits per heavy atom. The summed E-state index contributed by atoms with van der Waals surface area (Å²) in [5.41, 5.74) is 3.44. The molecule has 7 heteroatoms. The van der Waals surface area contributed by atoms with Crippen LogP contribution in [0.2, 0.25) is 5.02 Å². The molecule has 0 atom stereocenters. The molecule has 1 fully saturated rings. The second-order valence-electron chi connectivity index (χ2n) is 8.68. The van der Waals surface area contributed by atoms with E-state index in [2.05, 4.69) is 15.1 Å². The number of carbonyl (C=O) groups is 1. The Kier molecular flexibility index (Phi) is 5.58. The van der Waals surface area contributed by atoms with Crippen molar-refractivity contribution in [3.05, 3.63) is 101 Å². The number of benzene rings is 3. The first-order valence-electron chi connectivity index (χ1n) is 11.7. The van der Waals surface area contributed by atoms with Crippen molar-refractivity contribution >= 4 is 23.3 Å². The second-order valence-corrected chi connectivity index (χ2v) is 9.09. The number of anilines is 1. The Morgan fingerprint density at radius 2 is 1.40 bits per heavy atom. The molecule has 0 N–H and O–H groups in total. The van der Waals surface area contributed by atoms with E-state index in [1.54, 1.807) is 0 Å². The molecule has 0 spiro atoms. The third kappa shape index (κ3) is 4.00. The van der Waals surface area contributed by atoms with E-state index >= 15 is 0 Å². The number of nitrogens with zero attached hydrogens (tertiary/aromatic N) is 4. The molecule has 0 bridgehead atoms. The van der Waals surface area contributed by atoms with Crippen LogP contribution in [0.15, 0.2) is 84.9 Å². The molecule has 4 aromatic rings. The van der Waals surface area contributed by atoms with Gasteiger partial charge in [0.05, 0.1) is 16.6 Å². The largest absolute Gasteiger partial charge is 0.457 e. The molecule has 1 aromatic heterocycles. The SMILES string of the molecule is O=C(C1c2ccccc2Oc2ccccc21)N1CCN(c2ccc(-c3ccccc3Cl)nn2)CC1. The third-order valence-electron chi connectivity index (χ3n) is 6.64. The summed E-state index contributed by atoms with van der Waals surface area (Å²) in [5, 5.41) is 9.48. The number of amides is 1. The Balaban J connectivity index is 1.18. The fraction of sp³-hybridized carbons (Fsp3) is 0.179. The van der Waals surface area contributed by atoms with Gasteiger partial charge in [-0.1, -0.05) is 66.2 Å². The number of hydrogen-bond donors (Lipinski definition) is 0. The van der Waals surface area contributed by atoms with Gasteiger partial charge in [0.25, 0.3) is 0 Å². The number of para-hydroxylation sites is 2. The van der Waals surface area contributed by atoms with E-state index in [1.165, 1.54) is 0 Å². The van der Waals surface area contributed by atoms with Gasteiger partial charge in [-0.15, -0.1) is 10.2 Å². The molecule has 1 amide bonds. The topological polar surface area (TPSA) is 58.6 Å². The number of aromatic nitrogens is 2. The van der Waals surface area contributed by atoms with Gasteiger partial charge in [0.2, 0.25) is 5.91 Å². The maximum atomic E-state index is 13.8. The lowest BCUT2D eigenvalue weighted by Crippen LogP contribution is -2.50. The minimum Gasteiger partial charge on any atom is -0.457 e. The summed E-state index contributed by atoms with van der Waals surface area (Å²) in [6.07, 6.45) is 0. The smallest absolute Gasteiger partial charge is 0.234 e. The van der Waals surface area contributed by atoms with Gasteiger partial charge in [0.15, 0.2) is 5.82 Å². The molecule has 35 heavy (non-hydrogen) atoms. The average molecular weight is 483 g/mol. The van der Waals surface area contributed by atoms with E-state index < -0.39 is 0 Å². The Bertz CT molecular complexity index is 1340. The Labute approximate surface area is 208 Å². The molecule has 3 aromatic carbocycles. The fourth-order valence-electron chi connectivity index (χ4n) is 4.82. The zero-order valence-electron chi connectivity index (χ0n) is 19.0. The number of fused-ring (bicyclic) bond motifs is 2. The monoisotopic (exact) mass is 482 g/mol. The highest BCUT2D eigenvalue weighted by atomic mass is 35.5. The number of hydrogen-bond acceptors (Lipinski definition) is 5. The average Bonchev–Trinajstić information content (AvgIpc) is 2.92.